The molecule has 3 saturated heterocycles. The van der Waals surface area contributed by atoms with E-state index in [9.17, 15) is 24.0 Å². The molecule has 0 unspecified atom stereocenters. The van der Waals surface area contributed by atoms with Crippen molar-refractivity contribution in [3.63, 3.8) is 0 Å². The Morgan fingerprint density at radius 1 is 1.05 bits per heavy atom. The summed E-state index contributed by atoms with van der Waals surface area (Å²) in [4.78, 5) is 65.8. The van der Waals surface area contributed by atoms with Gasteiger partial charge in [-0.15, -0.1) is 0 Å². The zero-order valence-corrected chi connectivity index (χ0v) is 25.4. The van der Waals surface area contributed by atoms with Crippen molar-refractivity contribution < 1.29 is 52.1 Å². The van der Waals surface area contributed by atoms with Crippen molar-refractivity contribution >= 4 is 29.7 Å². The number of methoxy groups -OCH3 is 1. The standard InChI is InChI=1S/C31H40O11/c1-15-23(36)19-12-29(6)25(18-9-10-38-14-18)41-22(35)13-31(15,29)42-27-24(39-16(2)32)26(40-17(3)33)28(4,5)20(30(19,27)7)11-21(34)37-8/h9-10,14-15,19-20,24-27H,11-13H2,1-8H3/t15-,19+,20-,24-,25+,26+,27-,29+,30-,31+/m0/s1. The van der Waals surface area contributed by atoms with Crippen LogP contribution in [0.3, 0.4) is 0 Å². The molecule has 1 aromatic rings. The van der Waals surface area contributed by atoms with Gasteiger partial charge in [0.1, 0.15) is 24.1 Å². The monoisotopic (exact) mass is 588 g/mol. The molecule has 10 atom stereocenters. The quantitative estimate of drug-likeness (QED) is 0.366. The van der Waals surface area contributed by atoms with Crippen LogP contribution in [0.5, 0.6) is 0 Å². The van der Waals surface area contributed by atoms with E-state index in [1.165, 1.54) is 33.5 Å². The molecule has 2 saturated carbocycles. The SMILES string of the molecule is COC(=O)C[C@H]1C(C)(C)[C@H](OC(C)=O)[C@H](OC(C)=O)[C@@H]2O[C@@]34CC(=O)O[C@H](c5ccoc5)[C@@]3(C)C[C@H](C(=O)[C@@H]4C)[C@]21C. The Labute approximate surface area is 244 Å². The Morgan fingerprint density at radius 3 is 2.29 bits per heavy atom. The number of esters is 4. The van der Waals surface area contributed by atoms with Gasteiger partial charge in [-0.05, 0) is 18.4 Å². The number of ketones is 1. The zero-order valence-electron chi connectivity index (χ0n) is 25.4. The van der Waals surface area contributed by atoms with Crippen LogP contribution >= 0.6 is 0 Å². The van der Waals surface area contributed by atoms with Crippen molar-refractivity contribution in [3.05, 3.63) is 24.2 Å². The topological polar surface area (TPSA) is 145 Å². The molecule has 5 fully saturated rings. The maximum absolute atomic E-state index is 14.5. The lowest BCUT2D eigenvalue weighted by Gasteiger charge is -2.60. The van der Waals surface area contributed by atoms with Crippen LogP contribution in [0.2, 0.25) is 0 Å². The molecular weight excluding hydrogens is 548 g/mol. The molecule has 0 radical (unpaired) electrons. The van der Waals surface area contributed by atoms with Gasteiger partial charge in [0.05, 0.1) is 31.7 Å². The van der Waals surface area contributed by atoms with Crippen LogP contribution in [0, 0.1) is 34.0 Å². The van der Waals surface area contributed by atoms with E-state index in [0.717, 1.165) is 0 Å². The average Bonchev–Trinajstić information content (AvgIpc) is 3.40. The molecule has 11 nitrogen and oxygen atoms in total. The van der Waals surface area contributed by atoms with Crippen molar-refractivity contribution in [2.75, 3.05) is 7.11 Å². The number of cyclic esters (lactones) is 1. The second-order valence-electron chi connectivity index (χ2n) is 13.5. The summed E-state index contributed by atoms with van der Waals surface area (Å²) in [6, 6.07) is 1.73. The highest BCUT2D eigenvalue weighted by molar-refractivity contribution is 5.89. The number of carbonyl (C=O) groups excluding carboxylic acids is 5. The molecule has 4 heterocycles. The summed E-state index contributed by atoms with van der Waals surface area (Å²) in [5, 5.41) is 0. The van der Waals surface area contributed by atoms with Gasteiger partial charge in [-0.2, -0.15) is 0 Å². The van der Waals surface area contributed by atoms with Gasteiger partial charge in [-0.1, -0.05) is 34.6 Å². The second-order valence-corrected chi connectivity index (χ2v) is 13.5. The first-order valence-corrected chi connectivity index (χ1v) is 14.4. The Morgan fingerprint density at radius 2 is 1.71 bits per heavy atom. The minimum Gasteiger partial charge on any atom is -0.472 e. The van der Waals surface area contributed by atoms with E-state index in [0.29, 0.717) is 5.56 Å². The lowest BCUT2D eigenvalue weighted by Crippen LogP contribution is -2.69. The van der Waals surface area contributed by atoms with E-state index < -0.39 is 87.9 Å². The summed E-state index contributed by atoms with van der Waals surface area (Å²) >= 11 is 0. The fourth-order valence-corrected chi connectivity index (χ4v) is 9.03. The van der Waals surface area contributed by atoms with E-state index in [1.807, 2.05) is 27.7 Å². The molecule has 11 heteroatoms. The molecule has 2 bridgehead atoms. The molecule has 0 amide bonds. The largest absolute Gasteiger partial charge is 0.472 e. The maximum atomic E-state index is 14.5. The minimum absolute atomic E-state index is 0.101. The van der Waals surface area contributed by atoms with E-state index in [1.54, 1.807) is 13.0 Å². The van der Waals surface area contributed by atoms with Crippen LogP contribution in [0.25, 0.3) is 0 Å². The zero-order chi connectivity index (χ0) is 31.0. The predicted octanol–water partition coefficient (Wildman–Crippen LogP) is 3.73. The van der Waals surface area contributed by atoms with Gasteiger partial charge >= 0.3 is 23.9 Å². The van der Waals surface area contributed by atoms with Gasteiger partial charge in [0.25, 0.3) is 0 Å². The molecule has 5 aliphatic rings. The number of ether oxygens (including phenoxy) is 5. The van der Waals surface area contributed by atoms with E-state index >= 15 is 0 Å². The average molecular weight is 589 g/mol. The summed E-state index contributed by atoms with van der Waals surface area (Å²) in [5.74, 6) is -4.44. The number of rotatable bonds is 5. The molecule has 2 aliphatic carbocycles. The molecule has 1 spiro atoms. The number of furan rings is 1. The predicted molar refractivity (Wildman–Crippen MR) is 143 cm³/mol. The van der Waals surface area contributed by atoms with Crippen LogP contribution in [-0.2, 0) is 47.7 Å². The molecule has 230 valence electrons. The van der Waals surface area contributed by atoms with Crippen molar-refractivity contribution in [2.45, 2.75) is 97.7 Å². The maximum Gasteiger partial charge on any atom is 0.309 e. The van der Waals surface area contributed by atoms with E-state index in [2.05, 4.69) is 0 Å². The molecule has 6 rings (SSSR count). The number of hydrogen-bond donors (Lipinski definition) is 0. The smallest absolute Gasteiger partial charge is 0.309 e. The third-order valence-electron chi connectivity index (χ3n) is 11.0. The lowest BCUT2D eigenvalue weighted by atomic mass is 9.43. The summed E-state index contributed by atoms with van der Waals surface area (Å²) in [6.45, 7) is 11.8. The first kappa shape index (κ1) is 30.3. The lowest BCUT2D eigenvalue weighted by molar-refractivity contribution is -0.297. The first-order chi connectivity index (χ1) is 19.5. The fraction of sp³-hybridized carbons (Fsp3) is 0.710. The van der Waals surface area contributed by atoms with E-state index in [4.69, 9.17) is 28.1 Å². The number of fused-ring (bicyclic) bond motifs is 1. The third kappa shape index (κ3) is 4.06. The van der Waals surface area contributed by atoms with Gasteiger partial charge in [-0.25, -0.2) is 0 Å². The summed E-state index contributed by atoms with van der Waals surface area (Å²) in [7, 11) is 1.29. The van der Waals surface area contributed by atoms with Gasteiger partial charge < -0.3 is 28.1 Å². The summed E-state index contributed by atoms with van der Waals surface area (Å²) in [6.07, 6.45) is -1.01. The first-order valence-electron chi connectivity index (χ1n) is 14.4. The Kier molecular flexibility index (Phi) is 7.15. The van der Waals surface area contributed by atoms with Crippen molar-refractivity contribution in [2.24, 2.45) is 34.0 Å². The molecule has 3 aliphatic heterocycles. The van der Waals surface area contributed by atoms with Gasteiger partial charge in [0.15, 0.2) is 6.10 Å². The minimum atomic E-state index is -1.36. The van der Waals surface area contributed by atoms with Crippen LogP contribution in [0.4, 0.5) is 0 Å². The Hall–Kier alpha value is -3.21. The van der Waals surface area contributed by atoms with Crippen LogP contribution in [-0.4, -0.2) is 60.7 Å². The normalized spacial score (nSPS) is 42.0. The van der Waals surface area contributed by atoms with Crippen LogP contribution in [0.15, 0.2) is 23.0 Å². The van der Waals surface area contributed by atoms with Gasteiger partial charge in [0, 0.05) is 53.9 Å². The van der Waals surface area contributed by atoms with E-state index in [-0.39, 0.29) is 25.0 Å². The van der Waals surface area contributed by atoms with Gasteiger partial charge in [0.2, 0.25) is 0 Å². The molecular formula is C31H40O11. The second kappa shape index (κ2) is 9.92. The van der Waals surface area contributed by atoms with Gasteiger partial charge in [-0.3, -0.25) is 24.0 Å². The van der Waals surface area contributed by atoms with Crippen LogP contribution in [0.1, 0.15) is 79.4 Å². The highest BCUT2D eigenvalue weighted by atomic mass is 16.6. The highest BCUT2D eigenvalue weighted by Gasteiger charge is 2.78. The number of Topliss-reactive ketones (excluding diaryl/α,β-unsaturated/α-hetero) is 1. The fourth-order valence-electron chi connectivity index (χ4n) is 9.03. The highest BCUT2D eigenvalue weighted by Crippen LogP contribution is 2.71. The van der Waals surface area contributed by atoms with Crippen molar-refractivity contribution in [3.8, 4) is 0 Å². The Balaban J connectivity index is 1.80. The summed E-state index contributed by atoms with van der Waals surface area (Å²) in [5.41, 5.74) is -3.75. The molecule has 0 N–H and O–H groups in total. The third-order valence-corrected chi connectivity index (χ3v) is 11.0. The molecule has 42 heavy (non-hydrogen) atoms. The Bertz CT molecular complexity index is 1300. The van der Waals surface area contributed by atoms with Crippen molar-refractivity contribution in [1.82, 2.24) is 0 Å². The molecule has 0 aromatic carbocycles. The molecule has 1 aromatic heterocycles. The number of hydrogen-bond acceptors (Lipinski definition) is 11. The van der Waals surface area contributed by atoms with Crippen LogP contribution < -0.4 is 0 Å². The number of carbonyl (C=O) groups is 5. The summed E-state index contributed by atoms with van der Waals surface area (Å²) < 4.78 is 35.4. The van der Waals surface area contributed by atoms with Crippen molar-refractivity contribution in [1.29, 1.82) is 0 Å².